The molecule has 0 aromatic heterocycles. The van der Waals surface area contributed by atoms with E-state index in [9.17, 15) is 4.79 Å². The fourth-order valence-corrected chi connectivity index (χ4v) is 0.413. The van der Waals surface area contributed by atoms with Gasteiger partial charge in [-0.15, -0.1) is 0 Å². The van der Waals surface area contributed by atoms with Crippen molar-refractivity contribution in [1.82, 2.24) is 0 Å². The van der Waals surface area contributed by atoms with E-state index in [-0.39, 0.29) is 29.6 Å². The van der Waals surface area contributed by atoms with Crippen molar-refractivity contribution in [2.45, 2.75) is 24.6 Å². The minimum absolute atomic E-state index is 0. The number of rotatable bonds is 2. The van der Waals surface area contributed by atoms with Crippen molar-refractivity contribution < 1.29 is 9.90 Å². The molecule has 0 aromatic carbocycles. The maximum atomic E-state index is 10.2. The smallest absolute Gasteiger partial charge is 0.321 e. The van der Waals surface area contributed by atoms with Crippen LogP contribution in [0.3, 0.4) is 0 Å². The Hall–Kier alpha value is 0.780. The molecule has 1 radical (unpaired) electrons. The summed E-state index contributed by atoms with van der Waals surface area (Å²) >= 11 is 3.98. The van der Waals surface area contributed by atoms with E-state index in [4.69, 9.17) is 10.8 Å². The number of nitrogens with two attached hydrogens (primary N) is 1. The fourth-order valence-electron chi connectivity index (χ4n) is 0.302. The molecule has 3 nitrogen and oxygen atoms in total. The average Bonchev–Trinajstić information content (AvgIpc) is 1.62. The zero-order valence-electron chi connectivity index (χ0n) is 6.46. The normalized spacial score (nSPS) is 13.6. The summed E-state index contributed by atoms with van der Waals surface area (Å²) in [5, 5.41) is 8.34. The molecule has 0 saturated carbocycles. The monoisotopic (exact) mass is 172 g/mol. The van der Waals surface area contributed by atoms with Crippen LogP contribution in [0, 0.1) is 0 Å². The Balaban J connectivity index is 0. The van der Waals surface area contributed by atoms with Gasteiger partial charge in [0.05, 0.1) is 0 Å². The van der Waals surface area contributed by atoms with Crippen LogP contribution in [0.5, 0.6) is 0 Å². The van der Waals surface area contributed by atoms with E-state index in [1.165, 1.54) is 0 Å². The Kier molecular flexibility index (Phi) is 6.17. The summed E-state index contributed by atoms with van der Waals surface area (Å²) in [5.74, 6) is -1.02. The molecule has 10 heavy (non-hydrogen) atoms. The summed E-state index contributed by atoms with van der Waals surface area (Å²) in [6.07, 6.45) is 0. The van der Waals surface area contributed by atoms with E-state index in [2.05, 4.69) is 12.6 Å². The average molecular weight is 172 g/mol. The molecule has 0 fully saturated rings. The molecule has 0 heterocycles. The Bertz CT molecular complexity index is 123. The number of aliphatic carboxylic acids is 1. The van der Waals surface area contributed by atoms with Crippen molar-refractivity contribution in [1.29, 1.82) is 0 Å². The van der Waals surface area contributed by atoms with Gasteiger partial charge in [-0.1, -0.05) is 0 Å². The molecule has 0 amide bonds. The molecule has 55 valence electrons. The minimum Gasteiger partial charge on any atom is -0.480 e. The van der Waals surface area contributed by atoms with E-state index in [1.807, 2.05) is 0 Å². The van der Waals surface area contributed by atoms with Crippen LogP contribution in [0.4, 0.5) is 0 Å². The van der Waals surface area contributed by atoms with Gasteiger partial charge in [0.2, 0.25) is 0 Å². The summed E-state index contributed by atoms with van der Waals surface area (Å²) in [6, 6.07) is -0.902. The molecule has 0 aromatic rings. The van der Waals surface area contributed by atoms with Gasteiger partial charge in [-0.2, -0.15) is 12.6 Å². The van der Waals surface area contributed by atoms with Gasteiger partial charge >= 0.3 is 5.97 Å². The number of carboxylic acid groups (broad SMARTS) is 1. The van der Waals surface area contributed by atoms with E-state index in [1.54, 1.807) is 13.8 Å². The van der Waals surface area contributed by atoms with Gasteiger partial charge in [0.1, 0.15) is 6.04 Å². The van der Waals surface area contributed by atoms with Crippen LogP contribution >= 0.6 is 12.6 Å². The molecule has 0 aliphatic heterocycles. The third-order valence-corrected chi connectivity index (χ3v) is 1.31. The molecule has 0 bridgehead atoms. The second-order valence-corrected chi connectivity index (χ2v) is 3.62. The van der Waals surface area contributed by atoms with Crippen LogP contribution in [0.25, 0.3) is 0 Å². The van der Waals surface area contributed by atoms with Crippen LogP contribution in [0.15, 0.2) is 0 Å². The molecular formula is C5H11NNaO2S. The SMILES string of the molecule is CC(C)(S)[C@H](N)C(=O)O.[Na]. The van der Waals surface area contributed by atoms with Crippen LogP contribution in [-0.2, 0) is 4.79 Å². The Morgan fingerprint density at radius 2 is 2.00 bits per heavy atom. The number of carboxylic acids is 1. The molecule has 0 aliphatic carbocycles. The molecular weight excluding hydrogens is 161 g/mol. The van der Waals surface area contributed by atoms with Crippen LogP contribution in [0.2, 0.25) is 0 Å². The van der Waals surface area contributed by atoms with Crippen LogP contribution in [-0.4, -0.2) is 51.4 Å². The van der Waals surface area contributed by atoms with Crippen LogP contribution in [0.1, 0.15) is 13.8 Å². The summed E-state index contributed by atoms with van der Waals surface area (Å²) in [4.78, 5) is 10.2. The molecule has 5 heteroatoms. The third-order valence-electron chi connectivity index (χ3n) is 1.03. The van der Waals surface area contributed by atoms with Gasteiger partial charge in [0, 0.05) is 34.3 Å². The summed E-state index contributed by atoms with van der Waals surface area (Å²) in [6.45, 7) is 3.32. The van der Waals surface area contributed by atoms with Gasteiger partial charge < -0.3 is 10.8 Å². The van der Waals surface area contributed by atoms with E-state index < -0.39 is 16.8 Å². The maximum Gasteiger partial charge on any atom is 0.321 e. The zero-order valence-corrected chi connectivity index (χ0v) is 9.35. The molecule has 0 spiro atoms. The van der Waals surface area contributed by atoms with Crippen molar-refractivity contribution in [2.24, 2.45) is 5.73 Å². The standard InChI is InChI=1S/C5H11NO2S.Na/c1-5(2,9)3(6)4(7)8;/h3,9H,6H2,1-2H3,(H,7,8);/t3-;/m1./s1. The number of hydrogen-bond acceptors (Lipinski definition) is 3. The van der Waals surface area contributed by atoms with Crippen molar-refractivity contribution in [3.8, 4) is 0 Å². The van der Waals surface area contributed by atoms with Crippen LogP contribution < -0.4 is 5.73 Å². The first-order valence-electron chi connectivity index (χ1n) is 2.56. The molecule has 0 rings (SSSR count). The van der Waals surface area contributed by atoms with Gasteiger partial charge in [-0.3, -0.25) is 4.79 Å². The van der Waals surface area contributed by atoms with Gasteiger partial charge in [0.15, 0.2) is 0 Å². The third kappa shape index (κ3) is 4.57. The first kappa shape index (κ1) is 13.4. The zero-order chi connectivity index (χ0) is 7.65. The van der Waals surface area contributed by atoms with Gasteiger partial charge in [0.25, 0.3) is 0 Å². The molecule has 0 saturated heterocycles. The molecule has 0 unspecified atom stereocenters. The van der Waals surface area contributed by atoms with E-state index >= 15 is 0 Å². The number of carbonyl (C=O) groups is 1. The quantitative estimate of drug-likeness (QED) is 0.397. The second kappa shape index (κ2) is 4.62. The Morgan fingerprint density at radius 3 is 2.00 bits per heavy atom. The fraction of sp³-hybridized carbons (Fsp3) is 0.800. The Labute approximate surface area is 88.1 Å². The predicted octanol–water partition coefficient (Wildman–Crippen LogP) is -0.274. The van der Waals surface area contributed by atoms with Gasteiger partial charge in [-0.25, -0.2) is 0 Å². The summed E-state index contributed by atoms with van der Waals surface area (Å²) in [5.41, 5.74) is 5.22. The van der Waals surface area contributed by atoms with Crippen molar-refractivity contribution in [2.75, 3.05) is 0 Å². The predicted molar refractivity (Wildman–Crippen MR) is 44.4 cm³/mol. The topological polar surface area (TPSA) is 63.3 Å². The first-order chi connectivity index (χ1) is 3.85. The van der Waals surface area contributed by atoms with Gasteiger partial charge in [-0.05, 0) is 13.8 Å². The second-order valence-electron chi connectivity index (χ2n) is 2.47. The van der Waals surface area contributed by atoms with Crippen molar-refractivity contribution >= 4 is 48.2 Å². The number of thiol groups is 1. The molecule has 1 atom stereocenters. The molecule has 3 N–H and O–H groups in total. The summed E-state index contributed by atoms with van der Waals surface area (Å²) in [7, 11) is 0. The largest absolute Gasteiger partial charge is 0.480 e. The van der Waals surface area contributed by atoms with Crippen molar-refractivity contribution in [3.63, 3.8) is 0 Å². The van der Waals surface area contributed by atoms with Crippen molar-refractivity contribution in [3.05, 3.63) is 0 Å². The minimum atomic E-state index is -1.02. The Morgan fingerprint density at radius 1 is 1.70 bits per heavy atom. The first-order valence-corrected chi connectivity index (χ1v) is 3.01. The number of hydrogen-bond donors (Lipinski definition) is 3. The summed E-state index contributed by atoms with van der Waals surface area (Å²) < 4.78 is -0.647. The maximum absolute atomic E-state index is 10.2. The van der Waals surface area contributed by atoms with E-state index in [0.717, 1.165) is 0 Å². The molecule has 0 aliphatic rings. The van der Waals surface area contributed by atoms with E-state index in [0.29, 0.717) is 0 Å².